The second-order valence-corrected chi connectivity index (χ2v) is 3.92. The Morgan fingerprint density at radius 1 is 1.47 bits per heavy atom. The Labute approximate surface area is 91.1 Å². The molecule has 0 amide bonds. The van der Waals surface area contributed by atoms with E-state index in [0.29, 0.717) is 13.0 Å². The fourth-order valence-corrected chi connectivity index (χ4v) is 1.89. The smallest absolute Gasteiger partial charge is 0.335 e. The van der Waals surface area contributed by atoms with E-state index in [9.17, 15) is 4.79 Å². The molecule has 2 N–H and O–H groups in total. The molecule has 1 aliphatic rings. The quantitative estimate of drug-likeness (QED) is 0.700. The molecular formula is C11H21NO3. The minimum absolute atomic E-state index is 0.0272. The van der Waals surface area contributed by atoms with Crippen LogP contribution in [0.25, 0.3) is 0 Å². The van der Waals surface area contributed by atoms with Crippen LogP contribution >= 0.6 is 0 Å². The van der Waals surface area contributed by atoms with Gasteiger partial charge in [-0.05, 0) is 32.6 Å². The lowest BCUT2D eigenvalue weighted by Crippen LogP contribution is -2.38. The second kappa shape index (κ2) is 6.08. The molecule has 0 aromatic heterocycles. The Kier molecular flexibility index (Phi) is 5.05. The molecule has 0 aliphatic heterocycles. The first-order valence-electron chi connectivity index (χ1n) is 5.76. The van der Waals surface area contributed by atoms with Gasteiger partial charge in [0, 0.05) is 6.04 Å². The molecule has 1 rings (SSSR count). The summed E-state index contributed by atoms with van der Waals surface area (Å²) in [5, 5.41) is 0. The van der Waals surface area contributed by atoms with E-state index in [4.69, 9.17) is 15.2 Å². The predicted molar refractivity (Wildman–Crippen MR) is 57.4 cm³/mol. The van der Waals surface area contributed by atoms with Crippen molar-refractivity contribution in [1.29, 1.82) is 0 Å². The molecule has 0 saturated heterocycles. The van der Waals surface area contributed by atoms with Gasteiger partial charge in [0.05, 0.1) is 12.7 Å². The molecule has 3 atom stereocenters. The van der Waals surface area contributed by atoms with Gasteiger partial charge in [0.15, 0.2) is 6.10 Å². The Hall–Kier alpha value is -0.610. The highest BCUT2D eigenvalue weighted by Gasteiger charge is 2.30. The van der Waals surface area contributed by atoms with Gasteiger partial charge in [-0.15, -0.1) is 0 Å². The van der Waals surface area contributed by atoms with Gasteiger partial charge in [0.25, 0.3) is 0 Å². The summed E-state index contributed by atoms with van der Waals surface area (Å²) < 4.78 is 10.6. The summed E-state index contributed by atoms with van der Waals surface area (Å²) in [4.78, 5) is 11.5. The Balaban J connectivity index is 2.41. The van der Waals surface area contributed by atoms with Crippen molar-refractivity contribution in [2.45, 2.75) is 57.8 Å². The number of nitrogens with two attached hydrogens (primary N) is 1. The summed E-state index contributed by atoms with van der Waals surface area (Å²) in [7, 11) is 0. The van der Waals surface area contributed by atoms with Gasteiger partial charge in [0.2, 0.25) is 0 Å². The average Bonchev–Trinajstić information content (AvgIpc) is 2.61. The van der Waals surface area contributed by atoms with Crippen LogP contribution in [0.15, 0.2) is 0 Å². The highest BCUT2D eigenvalue weighted by molar-refractivity contribution is 5.74. The molecule has 1 aliphatic carbocycles. The Bertz CT molecular complexity index is 208. The van der Waals surface area contributed by atoms with E-state index in [-0.39, 0.29) is 18.1 Å². The van der Waals surface area contributed by atoms with Crippen molar-refractivity contribution in [3.63, 3.8) is 0 Å². The van der Waals surface area contributed by atoms with Crippen LogP contribution in [0.2, 0.25) is 0 Å². The standard InChI is InChI=1S/C11H21NO3/c1-3-9(11(13)14-4-2)15-10-7-5-6-8(10)12/h8-10H,3-7,12H2,1-2H3. The fourth-order valence-electron chi connectivity index (χ4n) is 1.89. The van der Waals surface area contributed by atoms with Gasteiger partial charge < -0.3 is 15.2 Å². The number of rotatable bonds is 5. The third kappa shape index (κ3) is 3.47. The SMILES string of the molecule is CCOC(=O)C(CC)OC1CCCC1N. The summed E-state index contributed by atoms with van der Waals surface area (Å²) >= 11 is 0. The van der Waals surface area contributed by atoms with E-state index in [0.717, 1.165) is 19.3 Å². The highest BCUT2D eigenvalue weighted by Crippen LogP contribution is 2.22. The van der Waals surface area contributed by atoms with Crippen LogP contribution in [-0.4, -0.2) is 30.8 Å². The number of esters is 1. The van der Waals surface area contributed by atoms with E-state index >= 15 is 0 Å². The normalized spacial score (nSPS) is 27.7. The van der Waals surface area contributed by atoms with Crippen LogP contribution in [0.5, 0.6) is 0 Å². The number of carbonyl (C=O) groups excluding carboxylic acids is 1. The van der Waals surface area contributed by atoms with E-state index in [2.05, 4.69) is 0 Å². The van der Waals surface area contributed by atoms with Crippen molar-refractivity contribution in [2.24, 2.45) is 5.73 Å². The molecular weight excluding hydrogens is 194 g/mol. The molecule has 4 heteroatoms. The van der Waals surface area contributed by atoms with Crippen molar-refractivity contribution in [3.05, 3.63) is 0 Å². The topological polar surface area (TPSA) is 61.5 Å². The van der Waals surface area contributed by atoms with Crippen LogP contribution in [0, 0.1) is 0 Å². The Morgan fingerprint density at radius 3 is 2.67 bits per heavy atom. The van der Waals surface area contributed by atoms with Gasteiger partial charge >= 0.3 is 5.97 Å². The van der Waals surface area contributed by atoms with Gasteiger partial charge in [-0.3, -0.25) is 0 Å². The first-order valence-corrected chi connectivity index (χ1v) is 5.76. The van der Waals surface area contributed by atoms with E-state index in [1.165, 1.54) is 0 Å². The summed E-state index contributed by atoms with van der Waals surface area (Å²) in [6.07, 6.45) is 3.26. The Morgan fingerprint density at radius 2 is 2.20 bits per heavy atom. The number of hydrogen-bond donors (Lipinski definition) is 1. The monoisotopic (exact) mass is 215 g/mol. The van der Waals surface area contributed by atoms with Crippen LogP contribution in [-0.2, 0) is 14.3 Å². The molecule has 0 spiro atoms. The van der Waals surface area contributed by atoms with Crippen molar-refractivity contribution in [3.8, 4) is 0 Å². The van der Waals surface area contributed by atoms with Crippen LogP contribution < -0.4 is 5.73 Å². The minimum atomic E-state index is -0.445. The predicted octanol–water partition coefficient (Wildman–Crippen LogP) is 1.22. The summed E-state index contributed by atoms with van der Waals surface area (Å²) in [5.74, 6) is -0.265. The molecule has 88 valence electrons. The van der Waals surface area contributed by atoms with E-state index in [1.54, 1.807) is 6.92 Å². The van der Waals surface area contributed by atoms with Gasteiger partial charge in [-0.25, -0.2) is 4.79 Å². The summed E-state index contributed by atoms with van der Waals surface area (Å²) in [6.45, 7) is 4.11. The zero-order chi connectivity index (χ0) is 11.3. The van der Waals surface area contributed by atoms with Crippen LogP contribution in [0.1, 0.15) is 39.5 Å². The molecule has 0 radical (unpaired) electrons. The number of ether oxygens (including phenoxy) is 2. The zero-order valence-electron chi connectivity index (χ0n) is 9.57. The summed E-state index contributed by atoms with van der Waals surface area (Å²) in [5.41, 5.74) is 5.88. The van der Waals surface area contributed by atoms with Gasteiger partial charge in [-0.1, -0.05) is 6.92 Å². The zero-order valence-corrected chi connectivity index (χ0v) is 9.57. The second-order valence-electron chi connectivity index (χ2n) is 3.92. The van der Waals surface area contributed by atoms with E-state index in [1.807, 2.05) is 6.92 Å². The van der Waals surface area contributed by atoms with Crippen molar-refractivity contribution >= 4 is 5.97 Å². The molecule has 0 aromatic carbocycles. The van der Waals surface area contributed by atoms with Crippen LogP contribution in [0.4, 0.5) is 0 Å². The van der Waals surface area contributed by atoms with Gasteiger partial charge in [0.1, 0.15) is 0 Å². The number of hydrogen-bond acceptors (Lipinski definition) is 4. The molecule has 1 saturated carbocycles. The molecule has 0 bridgehead atoms. The summed E-state index contributed by atoms with van der Waals surface area (Å²) in [6, 6.07) is 0.0773. The molecule has 4 nitrogen and oxygen atoms in total. The largest absolute Gasteiger partial charge is 0.464 e. The maximum absolute atomic E-state index is 11.5. The van der Waals surface area contributed by atoms with Crippen molar-refractivity contribution in [2.75, 3.05) is 6.61 Å². The molecule has 0 aromatic rings. The lowest BCUT2D eigenvalue weighted by molar-refractivity contribution is -0.161. The first kappa shape index (κ1) is 12.5. The van der Waals surface area contributed by atoms with Gasteiger partial charge in [-0.2, -0.15) is 0 Å². The maximum Gasteiger partial charge on any atom is 0.335 e. The third-order valence-electron chi connectivity index (χ3n) is 2.76. The fraction of sp³-hybridized carbons (Fsp3) is 0.909. The van der Waals surface area contributed by atoms with Crippen LogP contribution in [0.3, 0.4) is 0 Å². The lowest BCUT2D eigenvalue weighted by atomic mass is 10.2. The minimum Gasteiger partial charge on any atom is -0.464 e. The first-order chi connectivity index (χ1) is 7.19. The maximum atomic E-state index is 11.5. The molecule has 3 unspecified atom stereocenters. The number of carbonyl (C=O) groups is 1. The molecule has 0 heterocycles. The highest BCUT2D eigenvalue weighted by atomic mass is 16.6. The average molecular weight is 215 g/mol. The van der Waals surface area contributed by atoms with Crippen molar-refractivity contribution < 1.29 is 14.3 Å². The van der Waals surface area contributed by atoms with Crippen molar-refractivity contribution in [1.82, 2.24) is 0 Å². The molecule has 15 heavy (non-hydrogen) atoms. The third-order valence-corrected chi connectivity index (χ3v) is 2.76. The molecule has 1 fully saturated rings. The lowest BCUT2D eigenvalue weighted by Gasteiger charge is -2.22. The van der Waals surface area contributed by atoms with E-state index < -0.39 is 6.10 Å².